The number of benzene rings is 3. The minimum Gasteiger partial charge on any atom is -0.337 e. The Kier molecular flexibility index (Phi) is 5.58. The molecule has 0 radical (unpaired) electrons. The predicted octanol–water partition coefficient (Wildman–Crippen LogP) is 5.12. The molecule has 0 spiro atoms. The molecule has 1 aliphatic rings. The molecule has 4 aromatic rings. The highest BCUT2D eigenvalue weighted by molar-refractivity contribution is 5.86. The van der Waals surface area contributed by atoms with Crippen LogP contribution >= 0.6 is 0 Å². The first-order valence-corrected chi connectivity index (χ1v) is 11.2. The van der Waals surface area contributed by atoms with Crippen molar-refractivity contribution in [1.29, 1.82) is 0 Å². The fraction of sp³-hybridized carbons (Fsp3) is 0.296. The summed E-state index contributed by atoms with van der Waals surface area (Å²) in [5.74, 6) is 0. The molecule has 1 atom stereocenters. The Morgan fingerprint density at radius 2 is 1.71 bits per heavy atom. The zero-order chi connectivity index (χ0) is 21.1. The van der Waals surface area contributed by atoms with Crippen molar-refractivity contribution in [2.45, 2.75) is 32.0 Å². The molecule has 2 heterocycles. The number of imidazole rings is 1. The third-order valence-electron chi connectivity index (χ3n) is 6.64. The van der Waals surface area contributed by atoms with Crippen LogP contribution in [0.4, 0.5) is 0 Å². The lowest BCUT2D eigenvalue weighted by Crippen LogP contribution is -2.40. The molecule has 0 saturated carbocycles. The van der Waals surface area contributed by atoms with Gasteiger partial charge in [0, 0.05) is 38.6 Å². The van der Waals surface area contributed by atoms with Gasteiger partial charge in [0.25, 0.3) is 0 Å². The van der Waals surface area contributed by atoms with Gasteiger partial charge in [0.2, 0.25) is 0 Å². The summed E-state index contributed by atoms with van der Waals surface area (Å²) in [6.07, 6.45) is 6.94. The second kappa shape index (κ2) is 8.66. The highest BCUT2D eigenvalue weighted by Crippen LogP contribution is 2.39. The van der Waals surface area contributed by atoms with Crippen LogP contribution in [0.25, 0.3) is 10.8 Å². The molecule has 1 aromatic heterocycles. The first-order chi connectivity index (χ1) is 15.2. The van der Waals surface area contributed by atoms with Gasteiger partial charge >= 0.3 is 0 Å². The van der Waals surface area contributed by atoms with E-state index >= 15 is 0 Å². The molecule has 0 bridgehead atoms. The van der Waals surface area contributed by atoms with Gasteiger partial charge in [-0.15, -0.1) is 0 Å². The average Bonchev–Trinajstić information content (AvgIpc) is 3.43. The molecule has 4 heteroatoms. The zero-order valence-electron chi connectivity index (χ0n) is 18.2. The van der Waals surface area contributed by atoms with Crippen molar-refractivity contribution in [2.75, 3.05) is 19.8 Å². The van der Waals surface area contributed by atoms with Crippen molar-refractivity contribution in [3.8, 4) is 0 Å². The Morgan fingerprint density at radius 1 is 0.903 bits per heavy atom. The molecule has 3 aromatic carbocycles. The Balaban J connectivity index is 1.42. The van der Waals surface area contributed by atoms with E-state index in [1.54, 1.807) is 0 Å². The molecular formula is C27H30N4. The third-order valence-corrected chi connectivity index (χ3v) is 6.64. The van der Waals surface area contributed by atoms with Crippen molar-refractivity contribution in [3.63, 3.8) is 0 Å². The summed E-state index contributed by atoms with van der Waals surface area (Å²) in [4.78, 5) is 9.43. The van der Waals surface area contributed by atoms with Crippen LogP contribution in [-0.4, -0.2) is 39.1 Å². The summed E-state index contributed by atoms with van der Waals surface area (Å²) >= 11 is 0. The van der Waals surface area contributed by atoms with Crippen LogP contribution in [-0.2, 0) is 18.6 Å². The lowest BCUT2D eigenvalue weighted by Gasteiger charge is -2.35. The molecule has 0 aliphatic carbocycles. The minimum atomic E-state index is -0.0360. The summed E-state index contributed by atoms with van der Waals surface area (Å²) in [7, 11) is 0. The molecule has 31 heavy (non-hydrogen) atoms. The molecule has 1 saturated heterocycles. The van der Waals surface area contributed by atoms with Crippen molar-refractivity contribution >= 4 is 10.8 Å². The lowest BCUT2D eigenvalue weighted by atomic mass is 9.87. The lowest BCUT2D eigenvalue weighted by molar-refractivity contribution is 0.151. The van der Waals surface area contributed by atoms with Crippen LogP contribution in [0.5, 0.6) is 0 Å². The Bertz CT molecular complexity index is 1120. The molecule has 0 amide bonds. The molecule has 5 rings (SSSR count). The van der Waals surface area contributed by atoms with Gasteiger partial charge in [-0.2, -0.15) is 0 Å². The summed E-state index contributed by atoms with van der Waals surface area (Å²) in [5, 5.41) is 2.69. The fourth-order valence-electron chi connectivity index (χ4n) is 5.01. The summed E-state index contributed by atoms with van der Waals surface area (Å²) in [6, 6.07) is 26.4. The SMILES string of the molecule is CC1(c2cccc3ccccc23)CN(CCCn2ccnc2)CN1Cc1ccccc1. The number of aryl methyl sites for hydroxylation is 1. The molecule has 0 N–H and O–H groups in total. The average molecular weight is 411 g/mol. The minimum absolute atomic E-state index is 0.0360. The maximum Gasteiger partial charge on any atom is 0.0945 e. The van der Waals surface area contributed by atoms with Gasteiger partial charge < -0.3 is 4.57 Å². The van der Waals surface area contributed by atoms with Crippen LogP contribution in [0.1, 0.15) is 24.5 Å². The Labute approximate surface area is 184 Å². The van der Waals surface area contributed by atoms with E-state index in [1.165, 1.54) is 21.9 Å². The van der Waals surface area contributed by atoms with Gasteiger partial charge in [-0.05, 0) is 35.2 Å². The highest BCUT2D eigenvalue weighted by Gasteiger charge is 2.42. The molecule has 1 unspecified atom stereocenters. The summed E-state index contributed by atoms with van der Waals surface area (Å²) in [6.45, 7) is 7.51. The molecule has 158 valence electrons. The number of hydrogen-bond donors (Lipinski definition) is 0. The fourth-order valence-corrected chi connectivity index (χ4v) is 5.01. The highest BCUT2D eigenvalue weighted by atomic mass is 15.4. The van der Waals surface area contributed by atoms with Crippen LogP contribution in [0.2, 0.25) is 0 Å². The number of hydrogen-bond acceptors (Lipinski definition) is 3. The van der Waals surface area contributed by atoms with E-state index in [1.807, 2.05) is 18.7 Å². The van der Waals surface area contributed by atoms with E-state index in [-0.39, 0.29) is 5.54 Å². The first kappa shape index (κ1) is 20.0. The Morgan fingerprint density at radius 3 is 2.55 bits per heavy atom. The predicted molar refractivity (Wildman–Crippen MR) is 127 cm³/mol. The quantitative estimate of drug-likeness (QED) is 0.423. The third kappa shape index (κ3) is 4.14. The van der Waals surface area contributed by atoms with Crippen molar-refractivity contribution in [1.82, 2.24) is 19.4 Å². The van der Waals surface area contributed by atoms with E-state index < -0.39 is 0 Å². The van der Waals surface area contributed by atoms with Gasteiger partial charge in [-0.1, -0.05) is 72.8 Å². The standard InChI is InChI=1S/C27H30N4/c1-27(26-14-7-12-24-11-5-6-13-25(24)26)20-30(17-8-16-29-18-15-28-21-29)22-31(27)19-23-9-3-2-4-10-23/h2-7,9-15,18,21H,8,16-17,19-20,22H2,1H3. The van der Waals surface area contributed by atoms with E-state index in [2.05, 4.69) is 99.1 Å². The first-order valence-electron chi connectivity index (χ1n) is 11.2. The van der Waals surface area contributed by atoms with Crippen molar-refractivity contribution < 1.29 is 0 Å². The topological polar surface area (TPSA) is 24.3 Å². The van der Waals surface area contributed by atoms with Crippen LogP contribution in [0, 0.1) is 0 Å². The molecular weight excluding hydrogens is 380 g/mol. The second-order valence-corrected chi connectivity index (χ2v) is 8.83. The van der Waals surface area contributed by atoms with Gasteiger partial charge in [0.05, 0.1) is 18.5 Å². The molecule has 1 fully saturated rings. The van der Waals surface area contributed by atoms with Crippen molar-refractivity contribution in [2.24, 2.45) is 0 Å². The van der Waals surface area contributed by atoms with Crippen LogP contribution < -0.4 is 0 Å². The van der Waals surface area contributed by atoms with Crippen molar-refractivity contribution in [3.05, 3.63) is 103 Å². The maximum atomic E-state index is 4.16. The van der Waals surface area contributed by atoms with E-state index in [9.17, 15) is 0 Å². The number of fused-ring (bicyclic) bond motifs is 1. The molecule has 1 aliphatic heterocycles. The number of aromatic nitrogens is 2. The van der Waals surface area contributed by atoms with Crippen LogP contribution in [0.15, 0.2) is 91.5 Å². The van der Waals surface area contributed by atoms with Gasteiger partial charge in [0.1, 0.15) is 0 Å². The normalized spacial score (nSPS) is 19.9. The Hall–Kier alpha value is -2.95. The summed E-state index contributed by atoms with van der Waals surface area (Å²) in [5.41, 5.74) is 2.76. The van der Waals surface area contributed by atoms with E-state index in [0.717, 1.165) is 39.3 Å². The monoisotopic (exact) mass is 410 g/mol. The largest absolute Gasteiger partial charge is 0.337 e. The van der Waals surface area contributed by atoms with Gasteiger partial charge in [0.15, 0.2) is 0 Å². The second-order valence-electron chi connectivity index (χ2n) is 8.83. The van der Waals surface area contributed by atoms with E-state index in [4.69, 9.17) is 0 Å². The summed E-state index contributed by atoms with van der Waals surface area (Å²) < 4.78 is 2.17. The van der Waals surface area contributed by atoms with Crippen LogP contribution in [0.3, 0.4) is 0 Å². The van der Waals surface area contributed by atoms with Gasteiger partial charge in [-0.25, -0.2) is 4.98 Å². The number of rotatable bonds is 7. The smallest absolute Gasteiger partial charge is 0.0945 e. The van der Waals surface area contributed by atoms with E-state index in [0.29, 0.717) is 0 Å². The zero-order valence-corrected chi connectivity index (χ0v) is 18.2. The molecule has 4 nitrogen and oxygen atoms in total. The number of nitrogens with zero attached hydrogens (tertiary/aromatic N) is 4. The maximum absolute atomic E-state index is 4.16. The van der Waals surface area contributed by atoms with Gasteiger partial charge in [-0.3, -0.25) is 9.80 Å².